The van der Waals surface area contributed by atoms with Crippen LogP contribution in [0.1, 0.15) is 26.7 Å². The minimum atomic E-state index is -0.266. The summed E-state index contributed by atoms with van der Waals surface area (Å²) in [6, 6.07) is 7.63. The maximum Gasteiger partial charge on any atom is 0.0664 e. The highest BCUT2D eigenvalue weighted by atomic mass is 35.5. The number of rotatable bonds is 4. The van der Waals surface area contributed by atoms with Crippen molar-refractivity contribution >= 4 is 17.3 Å². The first kappa shape index (κ1) is 11.7. The normalized spacial score (nSPS) is 21.2. The molecule has 0 aliphatic heterocycles. The summed E-state index contributed by atoms with van der Waals surface area (Å²) in [5.74, 6) is 0. The van der Waals surface area contributed by atoms with Crippen molar-refractivity contribution in [3.8, 4) is 0 Å². The van der Waals surface area contributed by atoms with Crippen LogP contribution in [0.25, 0.3) is 0 Å². The first-order valence-electron chi connectivity index (χ1n) is 5.64. The summed E-state index contributed by atoms with van der Waals surface area (Å²) in [5, 5.41) is 13.7. The maximum atomic E-state index is 9.60. The molecular weight excluding hydrogens is 222 g/mol. The Kier molecular flexibility index (Phi) is 2.89. The fourth-order valence-corrected chi connectivity index (χ4v) is 2.20. The van der Waals surface area contributed by atoms with Gasteiger partial charge in [-0.15, -0.1) is 0 Å². The molecule has 0 radical (unpaired) electrons. The molecule has 1 atom stereocenters. The lowest BCUT2D eigenvalue weighted by molar-refractivity contribution is 0.167. The second-order valence-electron chi connectivity index (χ2n) is 5.19. The van der Waals surface area contributed by atoms with Gasteiger partial charge in [-0.1, -0.05) is 24.6 Å². The van der Waals surface area contributed by atoms with E-state index in [1.165, 1.54) is 0 Å². The SMILES string of the molecule is CC1(C(C)(CO)Nc2cccc(Cl)c2)CC1. The van der Waals surface area contributed by atoms with Crippen molar-refractivity contribution in [1.82, 2.24) is 0 Å². The number of aliphatic hydroxyl groups is 1. The topological polar surface area (TPSA) is 32.3 Å². The summed E-state index contributed by atoms with van der Waals surface area (Å²) in [5.41, 5.74) is 0.902. The minimum Gasteiger partial charge on any atom is -0.394 e. The van der Waals surface area contributed by atoms with Crippen LogP contribution in [0.3, 0.4) is 0 Å². The molecule has 1 unspecified atom stereocenters. The summed E-state index contributed by atoms with van der Waals surface area (Å²) >= 11 is 5.94. The molecule has 1 aromatic carbocycles. The summed E-state index contributed by atoms with van der Waals surface area (Å²) in [7, 11) is 0. The molecule has 2 rings (SSSR count). The van der Waals surface area contributed by atoms with E-state index in [-0.39, 0.29) is 17.6 Å². The number of halogens is 1. The predicted octanol–water partition coefficient (Wildman–Crippen LogP) is 3.30. The van der Waals surface area contributed by atoms with Crippen molar-refractivity contribution in [2.75, 3.05) is 11.9 Å². The van der Waals surface area contributed by atoms with Gasteiger partial charge >= 0.3 is 0 Å². The Morgan fingerprint density at radius 3 is 2.69 bits per heavy atom. The molecule has 1 aliphatic rings. The van der Waals surface area contributed by atoms with E-state index < -0.39 is 0 Å². The zero-order valence-electron chi connectivity index (χ0n) is 9.76. The van der Waals surface area contributed by atoms with Crippen LogP contribution in [0.15, 0.2) is 24.3 Å². The molecule has 2 N–H and O–H groups in total. The molecule has 88 valence electrons. The Bertz CT molecular complexity index is 389. The lowest BCUT2D eigenvalue weighted by atomic mass is 9.84. The van der Waals surface area contributed by atoms with Crippen LogP contribution in [-0.2, 0) is 0 Å². The van der Waals surface area contributed by atoms with Crippen LogP contribution in [0, 0.1) is 5.41 Å². The van der Waals surface area contributed by atoms with Gasteiger partial charge in [0.2, 0.25) is 0 Å². The quantitative estimate of drug-likeness (QED) is 0.845. The van der Waals surface area contributed by atoms with Gasteiger partial charge in [0, 0.05) is 10.7 Å². The Hall–Kier alpha value is -0.730. The molecule has 0 aromatic heterocycles. The van der Waals surface area contributed by atoms with Gasteiger partial charge in [-0.2, -0.15) is 0 Å². The molecule has 1 aliphatic carbocycles. The van der Waals surface area contributed by atoms with Crippen molar-refractivity contribution < 1.29 is 5.11 Å². The van der Waals surface area contributed by atoms with E-state index in [0.29, 0.717) is 5.02 Å². The molecule has 2 nitrogen and oxygen atoms in total. The van der Waals surface area contributed by atoms with Crippen LogP contribution in [0.5, 0.6) is 0 Å². The molecule has 16 heavy (non-hydrogen) atoms. The van der Waals surface area contributed by atoms with E-state index in [9.17, 15) is 5.11 Å². The van der Waals surface area contributed by atoms with Gasteiger partial charge in [-0.25, -0.2) is 0 Å². The van der Waals surface area contributed by atoms with E-state index in [1.807, 2.05) is 24.3 Å². The molecule has 1 aromatic rings. The van der Waals surface area contributed by atoms with Crippen LogP contribution in [0.4, 0.5) is 5.69 Å². The Morgan fingerprint density at radius 1 is 1.50 bits per heavy atom. The van der Waals surface area contributed by atoms with E-state index in [2.05, 4.69) is 19.2 Å². The molecule has 3 heteroatoms. The standard InChI is InChI=1S/C13H18ClNO/c1-12(6-7-12)13(2,9-16)15-11-5-3-4-10(14)8-11/h3-5,8,15-16H,6-7,9H2,1-2H3. The fraction of sp³-hybridized carbons (Fsp3) is 0.538. The summed E-state index contributed by atoms with van der Waals surface area (Å²) in [6.45, 7) is 4.41. The third kappa shape index (κ3) is 2.04. The third-order valence-corrected chi connectivity index (χ3v) is 4.13. The van der Waals surface area contributed by atoms with E-state index in [1.54, 1.807) is 0 Å². The van der Waals surface area contributed by atoms with E-state index >= 15 is 0 Å². The third-order valence-electron chi connectivity index (χ3n) is 3.89. The zero-order valence-corrected chi connectivity index (χ0v) is 10.5. The highest BCUT2D eigenvalue weighted by molar-refractivity contribution is 6.30. The molecular formula is C13H18ClNO. The lowest BCUT2D eigenvalue weighted by Crippen LogP contribution is -2.46. The summed E-state index contributed by atoms with van der Waals surface area (Å²) in [6.07, 6.45) is 2.33. The lowest BCUT2D eigenvalue weighted by Gasteiger charge is -2.36. The van der Waals surface area contributed by atoms with Gasteiger partial charge in [-0.05, 0) is 43.4 Å². The first-order chi connectivity index (χ1) is 7.49. The van der Waals surface area contributed by atoms with Crippen LogP contribution >= 0.6 is 11.6 Å². The number of aliphatic hydroxyl groups excluding tert-OH is 1. The second-order valence-corrected chi connectivity index (χ2v) is 5.62. The average Bonchev–Trinajstić information content (AvgIpc) is 2.98. The number of anilines is 1. The molecule has 1 saturated carbocycles. The smallest absolute Gasteiger partial charge is 0.0664 e. The Labute approximate surface area is 102 Å². The van der Waals surface area contributed by atoms with Gasteiger partial charge in [0.05, 0.1) is 12.1 Å². The maximum absolute atomic E-state index is 9.60. The van der Waals surface area contributed by atoms with E-state index in [4.69, 9.17) is 11.6 Å². The van der Waals surface area contributed by atoms with Crippen LogP contribution in [-0.4, -0.2) is 17.3 Å². The molecule has 0 saturated heterocycles. The van der Waals surface area contributed by atoms with E-state index in [0.717, 1.165) is 18.5 Å². The highest BCUT2D eigenvalue weighted by Crippen LogP contribution is 2.54. The number of hydrogen-bond donors (Lipinski definition) is 2. The average molecular weight is 240 g/mol. The van der Waals surface area contributed by atoms with Crippen molar-refractivity contribution in [1.29, 1.82) is 0 Å². The van der Waals surface area contributed by atoms with Gasteiger partial charge in [-0.3, -0.25) is 0 Å². The largest absolute Gasteiger partial charge is 0.394 e. The predicted molar refractivity (Wildman–Crippen MR) is 67.9 cm³/mol. The van der Waals surface area contributed by atoms with Crippen molar-refractivity contribution in [2.24, 2.45) is 5.41 Å². The van der Waals surface area contributed by atoms with Crippen molar-refractivity contribution in [3.05, 3.63) is 29.3 Å². The number of nitrogens with one attached hydrogen (secondary N) is 1. The molecule has 1 fully saturated rings. The zero-order chi connectivity index (χ0) is 11.8. The molecule has 0 amide bonds. The number of hydrogen-bond acceptors (Lipinski definition) is 2. The summed E-state index contributed by atoms with van der Waals surface area (Å²) < 4.78 is 0. The summed E-state index contributed by atoms with van der Waals surface area (Å²) in [4.78, 5) is 0. The van der Waals surface area contributed by atoms with Gasteiger partial charge in [0.15, 0.2) is 0 Å². The Balaban J connectivity index is 2.19. The first-order valence-corrected chi connectivity index (χ1v) is 6.02. The number of benzene rings is 1. The minimum absolute atomic E-state index is 0.135. The van der Waals surface area contributed by atoms with Crippen molar-refractivity contribution in [3.63, 3.8) is 0 Å². The van der Waals surface area contributed by atoms with Gasteiger partial charge in [0.25, 0.3) is 0 Å². The van der Waals surface area contributed by atoms with Crippen molar-refractivity contribution in [2.45, 2.75) is 32.2 Å². The molecule has 0 spiro atoms. The highest BCUT2D eigenvalue weighted by Gasteiger charge is 2.52. The fourth-order valence-electron chi connectivity index (χ4n) is 2.01. The molecule has 0 heterocycles. The van der Waals surface area contributed by atoms with Gasteiger partial charge in [0.1, 0.15) is 0 Å². The van der Waals surface area contributed by atoms with Gasteiger partial charge < -0.3 is 10.4 Å². The Morgan fingerprint density at radius 2 is 2.19 bits per heavy atom. The molecule has 0 bridgehead atoms. The monoisotopic (exact) mass is 239 g/mol. The van der Waals surface area contributed by atoms with Crippen LogP contribution in [0.2, 0.25) is 5.02 Å². The van der Waals surface area contributed by atoms with Crippen LogP contribution < -0.4 is 5.32 Å². The second kappa shape index (κ2) is 3.94.